The van der Waals surface area contributed by atoms with Gasteiger partial charge in [-0.2, -0.15) is 0 Å². The predicted octanol–water partition coefficient (Wildman–Crippen LogP) is 9.49. The first-order chi connectivity index (χ1) is 16.5. The number of allylic oxidation sites excluding steroid dienone is 2. The first-order valence-electron chi connectivity index (χ1n) is 13.0. The monoisotopic (exact) mass is 580 g/mol. The van der Waals surface area contributed by atoms with Crippen molar-refractivity contribution in [1.29, 1.82) is 0 Å². The number of fused-ring (bicyclic) bond motifs is 1. The number of aryl methyl sites for hydroxylation is 1. The van der Waals surface area contributed by atoms with Crippen molar-refractivity contribution in [3.8, 4) is 0 Å². The summed E-state index contributed by atoms with van der Waals surface area (Å²) in [6.45, 7) is 2.26. The SMILES string of the molecule is CCCCCCCCCCC=CCCCCCCc1cccc2cc(C(=O)O)c(I(=O)=O)cc12. The maximum absolute atomic E-state index is 11.7. The molecule has 2 aromatic rings. The quantitative estimate of drug-likeness (QED) is 0.108. The molecule has 1 N–H and O–H groups in total. The first kappa shape index (κ1) is 28.5. The highest BCUT2D eigenvalue weighted by atomic mass is 127. The van der Waals surface area contributed by atoms with Gasteiger partial charge in [0.2, 0.25) is 0 Å². The number of benzene rings is 2. The molecule has 0 heterocycles. The predicted molar refractivity (Wildman–Crippen MR) is 148 cm³/mol. The van der Waals surface area contributed by atoms with Gasteiger partial charge in [-0.15, -0.1) is 0 Å². The van der Waals surface area contributed by atoms with Crippen LogP contribution < -0.4 is 0 Å². The van der Waals surface area contributed by atoms with Crippen LogP contribution in [0.3, 0.4) is 0 Å². The molecule has 0 bridgehead atoms. The zero-order valence-electron chi connectivity index (χ0n) is 20.7. The normalized spacial score (nSPS) is 11.7. The van der Waals surface area contributed by atoms with Crippen molar-refractivity contribution >= 4 is 36.5 Å². The number of hydrogen-bond acceptors (Lipinski definition) is 3. The Morgan fingerprint density at radius 1 is 0.824 bits per heavy atom. The third kappa shape index (κ3) is 10.2. The van der Waals surface area contributed by atoms with E-state index in [1.54, 1.807) is 6.07 Å². The summed E-state index contributed by atoms with van der Waals surface area (Å²) in [5, 5.41) is 11.0. The number of carbonyl (C=O) groups is 1. The van der Waals surface area contributed by atoms with Gasteiger partial charge in [-0.05, 0) is 67.0 Å². The standard InChI is InChI=1S/C29H41IO4/c1-2-3-4-5-6-7-8-9-10-11-12-13-14-15-16-17-19-24-20-18-21-25-22-27(29(31)32)28(30(33)34)23-26(24)25/h11-12,18,20-23H,2-10,13-17,19H2,1H3,(H,31,32). The van der Waals surface area contributed by atoms with E-state index in [1.165, 1.54) is 76.7 Å². The van der Waals surface area contributed by atoms with Crippen LogP contribution >= 0.6 is 19.8 Å². The van der Waals surface area contributed by atoms with Crippen LogP contribution in [0, 0.1) is 3.57 Å². The van der Waals surface area contributed by atoms with E-state index in [9.17, 15) is 16.0 Å². The van der Waals surface area contributed by atoms with E-state index < -0.39 is 25.8 Å². The molecule has 5 heteroatoms. The number of carboxylic acid groups (broad SMARTS) is 1. The van der Waals surface area contributed by atoms with Gasteiger partial charge < -0.3 is 5.11 Å². The van der Waals surface area contributed by atoms with Crippen molar-refractivity contribution in [3.05, 3.63) is 57.2 Å². The van der Waals surface area contributed by atoms with Crippen molar-refractivity contribution < 1.29 is 16.0 Å². The second-order valence-electron chi connectivity index (χ2n) is 9.18. The summed E-state index contributed by atoms with van der Waals surface area (Å²) in [5.41, 5.74) is 0.981. The average Bonchev–Trinajstić information content (AvgIpc) is 2.82. The minimum absolute atomic E-state index is 0.0181. The van der Waals surface area contributed by atoms with Gasteiger partial charge >= 0.3 is 25.8 Å². The molecule has 188 valence electrons. The molecule has 0 saturated heterocycles. The van der Waals surface area contributed by atoms with Crippen molar-refractivity contribution in [1.82, 2.24) is 0 Å². The largest absolute Gasteiger partial charge is 0.478 e. The fourth-order valence-electron chi connectivity index (χ4n) is 4.44. The Kier molecular flexibility index (Phi) is 14.1. The molecule has 2 aromatic carbocycles. The topological polar surface area (TPSA) is 71.4 Å². The number of carboxylic acids is 1. The molecular weight excluding hydrogens is 539 g/mol. The lowest BCUT2D eigenvalue weighted by atomic mass is 9.98. The molecule has 0 radical (unpaired) electrons. The number of aromatic carboxylic acids is 1. The van der Waals surface area contributed by atoms with Crippen LogP contribution in [-0.2, 0) is 12.6 Å². The summed E-state index contributed by atoms with van der Waals surface area (Å²) in [4.78, 5) is 11.4. The van der Waals surface area contributed by atoms with Crippen LogP contribution in [-0.4, -0.2) is 11.1 Å². The molecule has 0 aromatic heterocycles. The van der Waals surface area contributed by atoms with Gasteiger partial charge in [0, 0.05) is 0 Å². The summed E-state index contributed by atoms with van der Waals surface area (Å²) in [6, 6.07) is 8.86. The van der Waals surface area contributed by atoms with Gasteiger partial charge in [0.05, 0.1) is 9.13 Å². The molecule has 0 fully saturated rings. The van der Waals surface area contributed by atoms with Gasteiger partial charge in [0.1, 0.15) is 0 Å². The van der Waals surface area contributed by atoms with E-state index >= 15 is 0 Å². The molecule has 0 spiro atoms. The van der Waals surface area contributed by atoms with Crippen LogP contribution in [0.5, 0.6) is 0 Å². The highest BCUT2D eigenvalue weighted by molar-refractivity contribution is 14.2. The Balaban J connectivity index is 1.65. The molecule has 0 saturated carbocycles. The lowest BCUT2D eigenvalue weighted by molar-refractivity contribution is 0.0695. The molecule has 2 rings (SSSR count). The Morgan fingerprint density at radius 2 is 1.41 bits per heavy atom. The Hall–Kier alpha value is -1.76. The first-order valence-corrected chi connectivity index (χ1v) is 15.9. The third-order valence-electron chi connectivity index (χ3n) is 6.41. The summed E-state index contributed by atoms with van der Waals surface area (Å²) in [6.07, 6.45) is 23.5. The number of unbranched alkanes of at least 4 members (excludes halogenated alkanes) is 12. The number of halogens is 1. The Morgan fingerprint density at radius 3 is 2.00 bits per heavy atom. The van der Waals surface area contributed by atoms with Gasteiger partial charge in [-0.1, -0.05) is 95.1 Å². The van der Waals surface area contributed by atoms with E-state index in [0.717, 1.165) is 42.0 Å². The highest BCUT2D eigenvalue weighted by Gasteiger charge is 2.16. The van der Waals surface area contributed by atoms with E-state index in [2.05, 4.69) is 19.1 Å². The molecule has 0 aliphatic carbocycles. The molecule has 34 heavy (non-hydrogen) atoms. The van der Waals surface area contributed by atoms with E-state index in [-0.39, 0.29) is 9.13 Å². The fraction of sp³-hybridized carbons (Fsp3) is 0.552. The lowest BCUT2D eigenvalue weighted by Gasteiger charge is -2.09. The Bertz CT molecular complexity index is 983. The fourth-order valence-corrected chi connectivity index (χ4v) is 5.86. The van der Waals surface area contributed by atoms with Gasteiger partial charge in [-0.3, -0.25) is 0 Å². The smallest absolute Gasteiger partial charge is 0.341 e. The van der Waals surface area contributed by atoms with Gasteiger partial charge in [0.15, 0.2) is 0 Å². The Labute approximate surface area is 212 Å². The summed E-state index contributed by atoms with van der Waals surface area (Å²) in [5.74, 6) is -1.19. The van der Waals surface area contributed by atoms with Crippen LogP contribution in [0.4, 0.5) is 0 Å². The van der Waals surface area contributed by atoms with Crippen LogP contribution in [0.15, 0.2) is 42.5 Å². The van der Waals surface area contributed by atoms with E-state index in [1.807, 2.05) is 18.2 Å². The lowest BCUT2D eigenvalue weighted by Crippen LogP contribution is -2.01. The summed E-state index contributed by atoms with van der Waals surface area (Å²) >= 11 is -3.89. The van der Waals surface area contributed by atoms with Crippen LogP contribution in [0.1, 0.15) is 113 Å². The van der Waals surface area contributed by atoms with Crippen molar-refractivity contribution in [2.24, 2.45) is 0 Å². The molecule has 0 aliphatic heterocycles. The highest BCUT2D eigenvalue weighted by Crippen LogP contribution is 2.30. The molecule has 0 atom stereocenters. The minimum Gasteiger partial charge on any atom is -0.478 e. The summed E-state index contributed by atoms with van der Waals surface area (Å²) < 4.78 is 23.3. The van der Waals surface area contributed by atoms with Crippen LogP contribution in [0.2, 0.25) is 0 Å². The second-order valence-corrected chi connectivity index (χ2v) is 11.6. The van der Waals surface area contributed by atoms with E-state index in [0.29, 0.717) is 0 Å². The molecule has 0 amide bonds. The van der Waals surface area contributed by atoms with Crippen molar-refractivity contribution in [2.75, 3.05) is 0 Å². The van der Waals surface area contributed by atoms with Crippen molar-refractivity contribution in [2.45, 2.75) is 103 Å². The molecular formula is C29H41IO4. The zero-order chi connectivity index (χ0) is 24.6. The second kappa shape index (κ2) is 16.8. The van der Waals surface area contributed by atoms with E-state index in [4.69, 9.17) is 0 Å². The minimum atomic E-state index is -3.89. The zero-order valence-corrected chi connectivity index (χ0v) is 22.9. The maximum atomic E-state index is 11.7. The maximum Gasteiger partial charge on any atom is 0.341 e. The average molecular weight is 581 g/mol. The van der Waals surface area contributed by atoms with Crippen LogP contribution in [0.25, 0.3) is 10.8 Å². The summed E-state index contributed by atoms with van der Waals surface area (Å²) in [7, 11) is 0. The van der Waals surface area contributed by atoms with Crippen molar-refractivity contribution in [3.63, 3.8) is 0 Å². The van der Waals surface area contributed by atoms with Gasteiger partial charge in [-0.25, -0.2) is 10.9 Å². The molecule has 0 aliphatic rings. The van der Waals surface area contributed by atoms with Gasteiger partial charge in [0.25, 0.3) is 0 Å². The molecule has 0 unspecified atom stereocenters. The molecule has 4 nitrogen and oxygen atoms in total. The number of hydrogen-bond donors (Lipinski definition) is 1. The third-order valence-corrected chi connectivity index (χ3v) is 8.25. The number of rotatable bonds is 18.